The number of imidazole rings is 1. The van der Waals surface area contributed by atoms with E-state index in [1.807, 2.05) is 36.7 Å². The third kappa shape index (κ3) is 4.60. The van der Waals surface area contributed by atoms with Crippen molar-refractivity contribution in [2.24, 2.45) is 5.92 Å². The minimum atomic E-state index is -0.00621. The van der Waals surface area contributed by atoms with Crippen LogP contribution in [0.15, 0.2) is 60.9 Å². The largest absolute Gasteiger partial charge is 0.367 e. The highest BCUT2D eigenvalue weighted by atomic mass is 16.1. The van der Waals surface area contributed by atoms with Crippen LogP contribution in [0.2, 0.25) is 0 Å². The Morgan fingerprint density at radius 1 is 1.12 bits per heavy atom. The lowest BCUT2D eigenvalue weighted by Crippen LogP contribution is -2.25. The highest BCUT2D eigenvalue weighted by molar-refractivity contribution is 5.95. The lowest BCUT2D eigenvalue weighted by molar-refractivity contribution is 0.0951. The number of carbonyl (C=O) groups excluding carboxylic acids is 1. The quantitative estimate of drug-likeness (QED) is 0.408. The Balaban J connectivity index is 1.55. The van der Waals surface area contributed by atoms with E-state index in [2.05, 4.69) is 65.1 Å². The van der Waals surface area contributed by atoms with Gasteiger partial charge < -0.3 is 10.6 Å². The van der Waals surface area contributed by atoms with E-state index in [9.17, 15) is 4.79 Å². The van der Waals surface area contributed by atoms with Crippen molar-refractivity contribution in [2.75, 3.05) is 11.9 Å². The lowest BCUT2D eigenvalue weighted by Gasteiger charge is -2.13. The zero-order valence-electron chi connectivity index (χ0n) is 19.3. The van der Waals surface area contributed by atoms with Gasteiger partial charge in [0.1, 0.15) is 0 Å². The van der Waals surface area contributed by atoms with Crippen LogP contribution in [0.1, 0.15) is 42.6 Å². The topological polar surface area (TPSA) is 71.3 Å². The van der Waals surface area contributed by atoms with E-state index in [-0.39, 0.29) is 5.91 Å². The molecule has 0 spiro atoms. The maximum Gasteiger partial charge on any atom is 0.251 e. The number of rotatable bonds is 7. The van der Waals surface area contributed by atoms with E-state index in [1.54, 1.807) is 0 Å². The monoisotopic (exact) mass is 439 g/mol. The van der Waals surface area contributed by atoms with Crippen LogP contribution in [0.3, 0.4) is 0 Å². The summed E-state index contributed by atoms with van der Waals surface area (Å²) in [7, 11) is 0. The van der Waals surface area contributed by atoms with Gasteiger partial charge in [0, 0.05) is 35.5 Å². The van der Waals surface area contributed by atoms with Crippen molar-refractivity contribution in [1.29, 1.82) is 0 Å². The molecule has 6 heteroatoms. The second-order valence-electron chi connectivity index (χ2n) is 9.28. The number of hydrogen-bond donors (Lipinski definition) is 2. The number of anilines is 1. The molecule has 0 atom stereocenters. The number of hydrogen-bond acceptors (Lipinski definition) is 4. The zero-order valence-corrected chi connectivity index (χ0v) is 19.3. The molecule has 2 aromatic heterocycles. The standard InChI is InChI=1S/C27H29N5O/c1-17(2)14-28-25-26-29-15-24(19-7-9-20(10-8-19)27(33)30-22-11-12-22)32(26)16-23(31-25)21-6-4-5-18(3)13-21/h4-10,13,15-17,22H,11-12,14H2,1-3H3,(H,28,31)(H,30,33). The number of carbonyl (C=O) groups is 1. The van der Waals surface area contributed by atoms with Crippen LogP contribution in [0.25, 0.3) is 28.2 Å². The van der Waals surface area contributed by atoms with Crippen LogP contribution in [0.5, 0.6) is 0 Å². The molecule has 1 aliphatic rings. The number of fused-ring (bicyclic) bond motifs is 1. The van der Waals surface area contributed by atoms with Crippen molar-refractivity contribution in [1.82, 2.24) is 19.7 Å². The van der Waals surface area contributed by atoms with Gasteiger partial charge in [-0.25, -0.2) is 9.97 Å². The number of amides is 1. The minimum absolute atomic E-state index is 0.00621. The first-order chi connectivity index (χ1) is 16.0. The Hall–Kier alpha value is -3.67. The smallest absolute Gasteiger partial charge is 0.251 e. The third-order valence-electron chi connectivity index (χ3n) is 5.84. The summed E-state index contributed by atoms with van der Waals surface area (Å²) in [4.78, 5) is 22.0. The van der Waals surface area contributed by atoms with E-state index < -0.39 is 0 Å². The number of benzene rings is 2. The first-order valence-electron chi connectivity index (χ1n) is 11.6. The highest BCUT2D eigenvalue weighted by Gasteiger charge is 2.23. The van der Waals surface area contributed by atoms with Gasteiger partial charge in [0.2, 0.25) is 0 Å². The zero-order chi connectivity index (χ0) is 22.9. The summed E-state index contributed by atoms with van der Waals surface area (Å²) in [6.45, 7) is 7.25. The summed E-state index contributed by atoms with van der Waals surface area (Å²) in [5.74, 6) is 1.25. The van der Waals surface area contributed by atoms with Gasteiger partial charge in [-0.1, -0.05) is 49.7 Å². The van der Waals surface area contributed by atoms with Crippen molar-refractivity contribution < 1.29 is 4.79 Å². The fourth-order valence-corrected chi connectivity index (χ4v) is 3.85. The molecule has 0 saturated heterocycles. The molecule has 4 aromatic rings. The van der Waals surface area contributed by atoms with Crippen LogP contribution < -0.4 is 10.6 Å². The molecule has 0 unspecified atom stereocenters. The van der Waals surface area contributed by atoms with Crippen LogP contribution in [0.4, 0.5) is 5.82 Å². The second-order valence-corrected chi connectivity index (χ2v) is 9.28. The molecule has 0 bridgehead atoms. The Labute approximate surface area is 194 Å². The lowest BCUT2D eigenvalue weighted by atomic mass is 10.1. The average molecular weight is 440 g/mol. The molecule has 6 nitrogen and oxygen atoms in total. The first-order valence-corrected chi connectivity index (χ1v) is 11.6. The van der Waals surface area contributed by atoms with Crippen LogP contribution in [-0.2, 0) is 0 Å². The summed E-state index contributed by atoms with van der Waals surface area (Å²) in [6, 6.07) is 16.4. The molecule has 0 radical (unpaired) electrons. The summed E-state index contributed by atoms with van der Waals surface area (Å²) in [5, 5.41) is 6.52. The van der Waals surface area contributed by atoms with Gasteiger partial charge >= 0.3 is 0 Å². The maximum absolute atomic E-state index is 12.4. The summed E-state index contributed by atoms with van der Waals surface area (Å²) in [6.07, 6.45) is 6.07. The normalized spacial score (nSPS) is 13.5. The van der Waals surface area contributed by atoms with Gasteiger partial charge in [-0.2, -0.15) is 0 Å². The van der Waals surface area contributed by atoms with Crippen molar-refractivity contribution >= 4 is 17.4 Å². The molecule has 168 valence electrons. The van der Waals surface area contributed by atoms with Crippen LogP contribution in [0, 0.1) is 12.8 Å². The first kappa shape index (κ1) is 21.2. The highest BCUT2D eigenvalue weighted by Crippen LogP contribution is 2.28. The molecule has 1 fully saturated rings. The molecule has 5 rings (SSSR count). The Morgan fingerprint density at radius 2 is 1.91 bits per heavy atom. The number of nitrogens with zero attached hydrogens (tertiary/aromatic N) is 3. The van der Waals surface area contributed by atoms with Crippen LogP contribution in [-0.4, -0.2) is 32.9 Å². The summed E-state index contributed by atoms with van der Waals surface area (Å²) in [5.41, 5.74) is 6.58. The fourth-order valence-electron chi connectivity index (χ4n) is 3.85. The van der Waals surface area contributed by atoms with Gasteiger partial charge in [0.05, 0.1) is 17.6 Å². The molecule has 1 aliphatic carbocycles. The third-order valence-corrected chi connectivity index (χ3v) is 5.84. The van der Waals surface area contributed by atoms with Crippen molar-refractivity contribution in [2.45, 2.75) is 39.7 Å². The van der Waals surface area contributed by atoms with E-state index >= 15 is 0 Å². The van der Waals surface area contributed by atoms with Crippen molar-refractivity contribution in [3.05, 3.63) is 72.1 Å². The van der Waals surface area contributed by atoms with Gasteiger partial charge in [0.25, 0.3) is 5.91 Å². The predicted molar refractivity (Wildman–Crippen MR) is 132 cm³/mol. The molecule has 0 aliphatic heterocycles. The molecular formula is C27H29N5O. The van der Waals surface area contributed by atoms with E-state index in [4.69, 9.17) is 4.98 Å². The molecule has 2 N–H and O–H groups in total. The molecule has 2 heterocycles. The van der Waals surface area contributed by atoms with Gasteiger partial charge in [-0.05, 0) is 43.9 Å². The fraction of sp³-hybridized carbons (Fsp3) is 0.296. The maximum atomic E-state index is 12.4. The van der Waals surface area contributed by atoms with Gasteiger partial charge in [-0.15, -0.1) is 0 Å². The molecule has 1 saturated carbocycles. The van der Waals surface area contributed by atoms with Gasteiger partial charge in [-0.3, -0.25) is 9.20 Å². The summed E-state index contributed by atoms with van der Waals surface area (Å²) < 4.78 is 2.09. The average Bonchev–Trinajstić information content (AvgIpc) is 3.52. The molecule has 33 heavy (non-hydrogen) atoms. The van der Waals surface area contributed by atoms with Crippen LogP contribution >= 0.6 is 0 Å². The SMILES string of the molecule is Cc1cccc(-c2cn3c(-c4ccc(C(=O)NC5CC5)cc4)cnc3c(NCC(C)C)n2)c1. The number of aryl methyl sites for hydroxylation is 1. The van der Waals surface area contributed by atoms with E-state index in [0.29, 0.717) is 17.5 Å². The summed E-state index contributed by atoms with van der Waals surface area (Å²) >= 11 is 0. The van der Waals surface area contributed by atoms with E-state index in [0.717, 1.165) is 53.4 Å². The Bertz CT molecular complexity index is 1300. The predicted octanol–water partition coefficient (Wildman–Crippen LogP) is 5.33. The minimum Gasteiger partial charge on any atom is -0.367 e. The Kier molecular flexibility index (Phi) is 5.58. The van der Waals surface area contributed by atoms with Gasteiger partial charge in [0.15, 0.2) is 11.5 Å². The second kappa shape index (κ2) is 8.70. The van der Waals surface area contributed by atoms with Crippen molar-refractivity contribution in [3.63, 3.8) is 0 Å². The number of aromatic nitrogens is 3. The van der Waals surface area contributed by atoms with Crippen molar-refractivity contribution in [3.8, 4) is 22.5 Å². The molecular weight excluding hydrogens is 410 g/mol. The number of nitrogens with one attached hydrogen (secondary N) is 2. The van der Waals surface area contributed by atoms with E-state index in [1.165, 1.54) is 5.56 Å². The Morgan fingerprint density at radius 3 is 2.61 bits per heavy atom. The molecule has 2 aromatic carbocycles. The molecule has 1 amide bonds.